The highest BCUT2D eigenvalue weighted by Gasteiger charge is 2.16. The third kappa shape index (κ3) is 2.75. The molecule has 0 aliphatic heterocycles. The molecule has 0 spiro atoms. The predicted octanol–water partition coefficient (Wildman–Crippen LogP) is 1.93. The second kappa shape index (κ2) is 5.34. The largest absolute Gasteiger partial charge is 0.478 e. The number of carbonyl (C=O) groups is 2. The summed E-state index contributed by atoms with van der Waals surface area (Å²) in [6.07, 6.45) is 0. The van der Waals surface area contributed by atoms with Crippen LogP contribution in [0.1, 0.15) is 34.6 Å². The van der Waals surface area contributed by atoms with E-state index >= 15 is 0 Å². The van der Waals surface area contributed by atoms with Crippen LogP contribution in [0.2, 0.25) is 0 Å². The van der Waals surface area contributed by atoms with Gasteiger partial charge in [0.2, 0.25) is 0 Å². The zero-order valence-corrected chi connectivity index (χ0v) is 9.80. The number of anilines is 1. The average molecular weight is 237 g/mol. The lowest BCUT2D eigenvalue weighted by molar-refractivity contribution is 0.0696. The molecule has 1 aromatic rings. The number of benzene rings is 1. The van der Waals surface area contributed by atoms with Crippen LogP contribution in [-0.4, -0.2) is 35.2 Å². The molecule has 5 nitrogen and oxygen atoms in total. The highest BCUT2D eigenvalue weighted by atomic mass is 16.4. The van der Waals surface area contributed by atoms with Crippen molar-refractivity contribution in [3.05, 3.63) is 29.3 Å². The van der Waals surface area contributed by atoms with Crippen LogP contribution in [0.4, 0.5) is 5.69 Å². The van der Waals surface area contributed by atoms with Crippen molar-refractivity contribution in [3.63, 3.8) is 0 Å². The fourth-order valence-electron chi connectivity index (χ4n) is 1.68. The minimum atomic E-state index is -1.13. The molecule has 0 amide bonds. The molecule has 92 valence electrons. The molecule has 0 aromatic heterocycles. The first-order valence-electron chi connectivity index (χ1n) is 5.36. The van der Waals surface area contributed by atoms with Crippen LogP contribution in [0.5, 0.6) is 0 Å². The zero-order valence-electron chi connectivity index (χ0n) is 9.80. The molecule has 17 heavy (non-hydrogen) atoms. The summed E-state index contributed by atoms with van der Waals surface area (Å²) < 4.78 is 0. The van der Waals surface area contributed by atoms with Crippen molar-refractivity contribution in [3.8, 4) is 0 Å². The van der Waals surface area contributed by atoms with Gasteiger partial charge in [-0.1, -0.05) is 0 Å². The number of aromatic carboxylic acids is 2. The minimum absolute atomic E-state index is 0.0155. The van der Waals surface area contributed by atoms with Crippen molar-refractivity contribution in [1.29, 1.82) is 0 Å². The molecule has 0 fully saturated rings. The Hall–Kier alpha value is -2.04. The van der Waals surface area contributed by atoms with Crippen LogP contribution in [0.15, 0.2) is 18.2 Å². The Morgan fingerprint density at radius 3 is 2.12 bits per heavy atom. The van der Waals surface area contributed by atoms with Crippen LogP contribution >= 0.6 is 0 Å². The van der Waals surface area contributed by atoms with Crippen molar-refractivity contribution in [1.82, 2.24) is 0 Å². The van der Waals surface area contributed by atoms with Crippen LogP contribution < -0.4 is 4.90 Å². The molecule has 0 bridgehead atoms. The SMILES string of the molecule is CCN(CC)c1ccc(C(=O)O)cc1C(=O)O. The van der Waals surface area contributed by atoms with E-state index in [1.165, 1.54) is 12.1 Å². The second-order valence-corrected chi connectivity index (χ2v) is 3.51. The maximum atomic E-state index is 11.1. The molecular weight excluding hydrogens is 222 g/mol. The second-order valence-electron chi connectivity index (χ2n) is 3.51. The van der Waals surface area contributed by atoms with Gasteiger partial charge in [-0.3, -0.25) is 0 Å². The highest BCUT2D eigenvalue weighted by Crippen LogP contribution is 2.22. The normalized spacial score (nSPS) is 10.0. The Labute approximate surface area is 99.3 Å². The van der Waals surface area contributed by atoms with Gasteiger partial charge in [0.25, 0.3) is 0 Å². The van der Waals surface area contributed by atoms with Crippen molar-refractivity contribution in [2.75, 3.05) is 18.0 Å². The summed E-state index contributed by atoms with van der Waals surface area (Å²) in [6.45, 7) is 5.17. The molecular formula is C12H15NO4. The van der Waals surface area contributed by atoms with Crippen molar-refractivity contribution in [2.45, 2.75) is 13.8 Å². The van der Waals surface area contributed by atoms with Gasteiger partial charge >= 0.3 is 11.9 Å². The molecule has 0 saturated heterocycles. The Kier molecular flexibility index (Phi) is 4.09. The number of rotatable bonds is 5. The van der Waals surface area contributed by atoms with E-state index in [1.54, 1.807) is 6.07 Å². The van der Waals surface area contributed by atoms with Crippen LogP contribution in [0.25, 0.3) is 0 Å². The molecule has 1 aromatic carbocycles. The van der Waals surface area contributed by atoms with Gasteiger partial charge in [0, 0.05) is 13.1 Å². The summed E-state index contributed by atoms with van der Waals surface area (Å²) in [5.41, 5.74) is 0.555. The molecule has 1 rings (SSSR count). The maximum absolute atomic E-state index is 11.1. The van der Waals surface area contributed by atoms with Gasteiger partial charge in [0.05, 0.1) is 16.8 Å². The first-order chi connectivity index (χ1) is 8.01. The fraction of sp³-hybridized carbons (Fsp3) is 0.333. The molecule has 0 aliphatic carbocycles. The van der Waals surface area contributed by atoms with Gasteiger partial charge in [0.1, 0.15) is 0 Å². The van der Waals surface area contributed by atoms with Gasteiger partial charge in [0.15, 0.2) is 0 Å². The van der Waals surface area contributed by atoms with E-state index in [0.29, 0.717) is 18.8 Å². The summed E-state index contributed by atoms with van der Waals surface area (Å²) in [6, 6.07) is 4.15. The maximum Gasteiger partial charge on any atom is 0.337 e. The third-order valence-electron chi connectivity index (χ3n) is 2.58. The third-order valence-corrected chi connectivity index (χ3v) is 2.58. The molecule has 0 atom stereocenters. The van der Waals surface area contributed by atoms with E-state index in [-0.39, 0.29) is 11.1 Å². The Bertz CT molecular complexity index is 438. The summed E-state index contributed by atoms with van der Waals surface area (Å²) in [7, 11) is 0. The van der Waals surface area contributed by atoms with E-state index in [0.717, 1.165) is 0 Å². The molecule has 5 heteroatoms. The lowest BCUT2D eigenvalue weighted by atomic mass is 10.1. The predicted molar refractivity (Wildman–Crippen MR) is 63.9 cm³/mol. The molecule has 0 unspecified atom stereocenters. The van der Waals surface area contributed by atoms with Gasteiger partial charge < -0.3 is 15.1 Å². The first-order valence-corrected chi connectivity index (χ1v) is 5.36. The Morgan fingerprint density at radius 2 is 1.71 bits per heavy atom. The Balaban J connectivity index is 3.31. The molecule has 0 heterocycles. The van der Waals surface area contributed by atoms with Gasteiger partial charge in [-0.05, 0) is 32.0 Å². The van der Waals surface area contributed by atoms with Gasteiger partial charge in [-0.15, -0.1) is 0 Å². The number of hydrogen-bond donors (Lipinski definition) is 2. The van der Waals surface area contributed by atoms with Gasteiger partial charge in [-0.2, -0.15) is 0 Å². The van der Waals surface area contributed by atoms with E-state index in [2.05, 4.69) is 0 Å². The van der Waals surface area contributed by atoms with E-state index in [1.807, 2.05) is 18.7 Å². The van der Waals surface area contributed by atoms with E-state index in [9.17, 15) is 9.59 Å². The van der Waals surface area contributed by atoms with Crippen molar-refractivity contribution >= 4 is 17.6 Å². The minimum Gasteiger partial charge on any atom is -0.478 e. The smallest absolute Gasteiger partial charge is 0.337 e. The zero-order chi connectivity index (χ0) is 13.0. The first kappa shape index (κ1) is 13.0. The summed E-state index contributed by atoms with van der Waals surface area (Å²) >= 11 is 0. The molecule has 2 N–H and O–H groups in total. The standard InChI is InChI=1S/C12H15NO4/c1-3-13(4-2)10-6-5-8(11(14)15)7-9(10)12(16)17/h5-7H,3-4H2,1-2H3,(H,14,15)(H,16,17). The number of carboxylic acid groups (broad SMARTS) is 2. The molecule has 0 radical (unpaired) electrons. The number of nitrogens with zero attached hydrogens (tertiary/aromatic N) is 1. The van der Waals surface area contributed by atoms with Gasteiger partial charge in [-0.25, -0.2) is 9.59 Å². The Morgan fingerprint density at radius 1 is 1.12 bits per heavy atom. The summed E-state index contributed by atoms with van der Waals surface area (Å²) in [5, 5.41) is 17.9. The van der Waals surface area contributed by atoms with Crippen LogP contribution in [0, 0.1) is 0 Å². The lowest BCUT2D eigenvalue weighted by Crippen LogP contribution is -2.24. The van der Waals surface area contributed by atoms with Crippen molar-refractivity contribution < 1.29 is 19.8 Å². The highest BCUT2D eigenvalue weighted by molar-refractivity contribution is 5.98. The monoisotopic (exact) mass is 237 g/mol. The number of hydrogen-bond acceptors (Lipinski definition) is 3. The molecule has 0 aliphatic rings. The topological polar surface area (TPSA) is 77.8 Å². The summed E-state index contributed by atoms with van der Waals surface area (Å²) in [4.78, 5) is 23.8. The number of carboxylic acids is 2. The quantitative estimate of drug-likeness (QED) is 0.818. The average Bonchev–Trinajstić information content (AvgIpc) is 2.30. The molecule has 0 saturated carbocycles. The summed E-state index contributed by atoms with van der Waals surface area (Å²) in [5.74, 6) is -2.24. The van der Waals surface area contributed by atoms with Crippen LogP contribution in [-0.2, 0) is 0 Å². The van der Waals surface area contributed by atoms with E-state index in [4.69, 9.17) is 10.2 Å². The van der Waals surface area contributed by atoms with Crippen molar-refractivity contribution in [2.24, 2.45) is 0 Å². The van der Waals surface area contributed by atoms with E-state index < -0.39 is 11.9 Å². The fourth-order valence-corrected chi connectivity index (χ4v) is 1.68. The lowest BCUT2D eigenvalue weighted by Gasteiger charge is -2.23. The van der Waals surface area contributed by atoms with Crippen LogP contribution in [0.3, 0.4) is 0 Å².